The minimum atomic E-state index is -0.798. The zero-order valence-electron chi connectivity index (χ0n) is 19.0. The number of nitrogens with zero attached hydrogens (tertiary/aromatic N) is 3. The lowest BCUT2D eigenvalue weighted by atomic mass is 9.89. The fourth-order valence-corrected chi connectivity index (χ4v) is 4.35. The first kappa shape index (κ1) is 23.2. The monoisotopic (exact) mass is 464 g/mol. The molecule has 8 nitrogen and oxygen atoms in total. The summed E-state index contributed by atoms with van der Waals surface area (Å²) >= 11 is 0. The van der Waals surface area contributed by atoms with E-state index in [1.54, 1.807) is 29.2 Å². The van der Waals surface area contributed by atoms with Gasteiger partial charge >= 0.3 is 11.2 Å². The number of hydrogen-bond donors (Lipinski definition) is 1. The zero-order valence-corrected chi connectivity index (χ0v) is 19.0. The summed E-state index contributed by atoms with van der Waals surface area (Å²) in [5.74, 6) is -0.475. The fraction of sp³-hybridized carbons (Fsp3) is 0.280. The number of likely N-dealkylation sites (tertiary alicyclic amines) is 1. The van der Waals surface area contributed by atoms with E-state index in [0.717, 1.165) is 15.7 Å². The van der Waals surface area contributed by atoms with Gasteiger partial charge in [-0.15, -0.1) is 0 Å². The highest BCUT2D eigenvalue weighted by atomic mass is 19.1. The molecular formula is C25H25FN4O4. The topological polar surface area (TPSA) is 97.5 Å². The summed E-state index contributed by atoms with van der Waals surface area (Å²) in [7, 11) is 1.39. The van der Waals surface area contributed by atoms with Crippen LogP contribution in [0.3, 0.4) is 0 Å². The second kappa shape index (κ2) is 9.46. The van der Waals surface area contributed by atoms with Crippen molar-refractivity contribution in [2.45, 2.75) is 25.7 Å². The molecule has 0 radical (unpaired) electrons. The summed E-state index contributed by atoms with van der Waals surface area (Å²) < 4.78 is 14.3. The normalized spacial score (nSPS) is 14.1. The van der Waals surface area contributed by atoms with Crippen LogP contribution in [0.4, 0.5) is 21.5 Å². The Morgan fingerprint density at radius 1 is 1.12 bits per heavy atom. The minimum Gasteiger partial charge on any atom is -0.349 e. The van der Waals surface area contributed by atoms with E-state index in [4.69, 9.17) is 0 Å². The van der Waals surface area contributed by atoms with Crippen molar-refractivity contribution in [3.05, 3.63) is 97.7 Å². The molecule has 0 bridgehead atoms. The highest BCUT2D eigenvalue weighted by molar-refractivity contribution is 6.02. The molecule has 0 atom stereocenters. The van der Waals surface area contributed by atoms with E-state index < -0.39 is 16.2 Å². The number of piperidine rings is 1. The van der Waals surface area contributed by atoms with Gasteiger partial charge in [-0.25, -0.2) is 4.39 Å². The van der Waals surface area contributed by atoms with E-state index in [9.17, 15) is 24.1 Å². The van der Waals surface area contributed by atoms with Gasteiger partial charge in [-0.2, -0.15) is 0 Å². The molecule has 176 valence electrons. The molecule has 0 unspecified atom stereocenters. The number of carbonyl (C=O) groups is 1. The Kier molecular flexibility index (Phi) is 6.45. The third-order valence-electron chi connectivity index (χ3n) is 6.29. The Morgan fingerprint density at radius 2 is 1.76 bits per heavy atom. The second-order valence-corrected chi connectivity index (χ2v) is 8.50. The number of benzene rings is 2. The van der Waals surface area contributed by atoms with Gasteiger partial charge in [0.2, 0.25) is 0 Å². The Balaban J connectivity index is 1.66. The molecule has 4 rings (SSSR count). The Labute approximate surface area is 195 Å². The van der Waals surface area contributed by atoms with Crippen molar-refractivity contribution >= 4 is 23.0 Å². The number of nitro groups is 1. The summed E-state index contributed by atoms with van der Waals surface area (Å²) in [6.07, 6.45) is 2.72. The molecule has 1 aliphatic heterocycles. The number of para-hydroxylation sites is 1. The standard InChI is InChI=1S/C25H25FN4O4/c1-16-5-3-4-6-21(16)27-22-20(15-28(2)25(32)23(22)30(33)34)24(31)29-13-11-18(12-14-29)17-7-9-19(26)10-8-17/h3-10,15,18,27H,11-14H2,1-2H3. The summed E-state index contributed by atoms with van der Waals surface area (Å²) in [4.78, 5) is 38.9. The molecule has 2 heterocycles. The number of halogens is 1. The van der Waals surface area contributed by atoms with Gasteiger partial charge < -0.3 is 14.8 Å². The summed E-state index contributed by atoms with van der Waals surface area (Å²) in [6.45, 7) is 2.72. The average molecular weight is 464 g/mol. The first-order valence-electron chi connectivity index (χ1n) is 11.0. The average Bonchev–Trinajstić information content (AvgIpc) is 2.82. The molecule has 1 aromatic heterocycles. The molecule has 1 fully saturated rings. The predicted octanol–water partition coefficient (Wildman–Crippen LogP) is 4.50. The van der Waals surface area contributed by atoms with Crippen LogP contribution in [0.25, 0.3) is 0 Å². The number of pyridine rings is 1. The molecule has 1 N–H and O–H groups in total. The highest BCUT2D eigenvalue weighted by Crippen LogP contribution is 2.33. The number of aryl methyl sites for hydroxylation is 2. The quantitative estimate of drug-likeness (QED) is 0.443. The molecule has 1 amide bonds. The summed E-state index contributed by atoms with van der Waals surface area (Å²) in [5.41, 5.74) is 0.905. The zero-order chi connectivity index (χ0) is 24.4. The van der Waals surface area contributed by atoms with Gasteiger partial charge in [0, 0.05) is 32.0 Å². The molecule has 0 saturated carbocycles. The largest absolute Gasteiger partial charge is 0.358 e. The highest BCUT2D eigenvalue weighted by Gasteiger charge is 2.32. The van der Waals surface area contributed by atoms with Crippen LogP contribution in [0.2, 0.25) is 0 Å². The van der Waals surface area contributed by atoms with Gasteiger partial charge in [-0.1, -0.05) is 30.3 Å². The Morgan fingerprint density at radius 3 is 2.38 bits per heavy atom. The van der Waals surface area contributed by atoms with Crippen molar-refractivity contribution in [3.63, 3.8) is 0 Å². The molecule has 0 aliphatic carbocycles. The molecule has 3 aromatic rings. The first-order valence-corrected chi connectivity index (χ1v) is 11.0. The van der Waals surface area contributed by atoms with Gasteiger partial charge in [0.25, 0.3) is 5.91 Å². The lowest BCUT2D eigenvalue weighted by Gasteiger charge is -2.32. The second-order valence-electron chi connectivity index (χ2n) is 8.50. The first-order chi connectivity index (χ1) is 16.3. The SMILES string of the molecule is Cc1ccccc1Nc1c(C(=O)N2CCC(c3ccc(F)cc3)CC2)cn(C)c(=O)c1[N+](=O)[O-]. The molecule has 9 heteroatoms. The maximum Gasteiger partial charge on any atom is 0.358 e. The van der Waals surface area contributed by atoms with Crippen LogP contribution in [0, 0.1) is 22.9 Å². The van der Waals surface area contributed by atoms with Crippen LogP contribution in [0.15, 0.2) is 59.5 Å². The number of hydrogen-bond acceptors (Lipinski definition) is 5. The van der Waals surface area contributed by atoms with Crippen molar-refractivity contribution in [1.29, 1.82) is 0 Å². The third-order valence-corrected chi connectivity index (χ3v) is 6.29. The number of rotatable bonds is 5. The van der Waals surface area contributed by atoms with E-state index in [1.165, 1.54) is 25.4 Å². The number of amides is 1. The third kappa shape index (κ3) is 4.54. The molecule has 0 spiro atoms. The van der Waals surface area contributed by atoms with Crippen LogP contribution in [0.1, 0.15) is 40.2 Å². The minimum absolute atomic E-state index is 0.0669. The number of anilines is 2. The lowest BCUT2D eigenvalue weighted by molar-refractivity contribution is -0.385. The van der Waals surface area contributed by atoms with Crippen molar-refractivity contribution in [2.24, 2.45) is 7.05 Å². The van der Waals surface area contributed by atoms with E-state index in [-0.39, 0.29) is 28.9 Å². The fourth-order valence-electron chi connectivity index (χ4n) is 4.35. The van der Waals surface area contributed by atoms with Gasteiger partial charge in [-0.3, -0.25) is 19.7 Å². The van der Waals surface area contributed by atoms with Crippen LogP contribution in [-0.4, -0.2) is 33.4 Å². The molecule has 1 aliphatic rings. The van der Waals surface area contributed by atoms with Crippen molar-refractivity contribution in [1.82, 2.24) is 9.47 Å². The lowest BCUT2D eigenvalue weighted by Crippen LogP contribution is -2.39. The predicted molar refractivity (Wildman–Crippen MR) is 127 cm³/mol. The summed E-state index contributed by atoms with van der Waals surface area (Å²) in [6, 6.07) is 13.5. The summed E-state index contributed by atoms with van der Waals surface area (Å²) in [5, 5.41) is 14.8. The number of nitrogens with one attached hydrogen (secondary N) is 1. The van der Waals surface area contributed by atoms with Crippen molar-refractivity contribution < 1.29 is 14.1 Å². The van der Waals surface area contributed by atoms with Crippen molar-refractivity contribution in [2.75, 3.05) is 18.4 Å². The maximum atomic E-state index is 13.5. The van der Waals surface area contributed by atoms with Crippen LogP contribution < -0.4 is 10.9 Å². The smallest absolute Gasteiger partial charge is 0.349 e. The molecular weight excluding hydrogens is 439 g/mol. The Hall–Kier alpha value is -4.01. The van der Waals surface area contributed by atoms with Crippen LogP contribution in [-0.2, 0) is 7.05 Å². The van der Waals surface area contributed by atoms with Crippen molar-refractivity contribution in [3.8, 4) is 0 Å². The van der Waals surface area contributed by atoms with E-state index in [2.05, 4.69) is 5.32 Å². The number of aromatic nitrogens is 1. The molecule has 34 heavy (non-hydrogen) atoms. The van der Waals surface area contributed by atoms with Crippen LogP contribution >= 0.6 is 0 Å². The van der Waals surface area contributed by atoms with E-state index in [0.29, 0.717) is 31.6 Å². The van der Waals surface area contributed by atoms with Crippen LogP contribution in [0.5, 0.6) is 0 Å². The molecule has 1 saturated heterocycles. The van der Waals surface area contributed by atoms with Gasteiger partial charge in [0.05, 0.1) is 10.5 Å². The van der Waals surface area contributed by atoms with Gasteiger partial charge in [-0.05, 0) is 55.0 Å². The van der Waals surface area contributed by atoms with Gasteiger partial charge in [0.15, 0.2) is 0 Å². The Bertz CT molecular complexity index is 1300. The number of carbonyl (C=O) groups excluding carboxylic acids is 1. The molecule has 2 aromatic carbocycles. The maximum absolute atomic E-state index is 13.5. The van der Waals surface area contributed by atoms with E-state index >= 15 is 0 Å². The van der Waals surface area contributed by atoms with E-state index in [1.807, 2.05) is 19.1 Å². The van der Waals surface area contributed by atoms with Gasteiger partial charge in [0.1, 0.15) is 11.5 Å².